The molecule has 9 rings (SSSR count). The average molecular weight is 593 g/mol. The summed E-state index contributed by atoms with van der Waals surface area (Å²) >= 11 is 0. The summed E-state index contributed by atoms with van der Waals surface area (Å²) in [7, 11) is 0. The summed E-state index contributed by atoms with van der Waals surface area (Å²) in [5.41, 5.74) is 11.6. The first-order valence-electron chi connectivity index (χ1n) is 15.8. The Morgan fingerprint density at radius 2 is 1.24 bits per heavy atom. The van der Waals surface area contributed by atoms with Crippen molar-refractivity contribution in [3.63, 3.8) is 0 Å². The summed E-state index contributed by atoms with van der Waals surface area (Å²) in [6.45, 7) is 6.82. The number of hydrogen-bond acceptors (Lipinski definition) is 3. The van der Waals surface area contributed by atoms with Crippen LogP contribution >= 0.6 is 0 Å². The number of nitrogens with zero attached hydrogens (tertiary/aromatic N) is 3. The second kappa shape index (κ2) is 9.88. The first-order chi connectivity index (χ1) is 22.4. The minimum Gasteiger partial charge on any atom is -0.353 e. The summed E-state index contributed by atoms with van der Waals surface area (Å²) in [6.07, 6.45) is 0. The standard InChI is InChI=1S/C42H32N4/c1-42(2,3)28-24-33-32-17-8-16-31-27-13-6-14-29(23-27)46(38-21-7-12-26-11-4-5-15-30(26)38)39-22-10-20-37(44-39)36-19-9-18-35(43-36)34(25-28)41(33)45-40(31)32/h4-25,45H,1-3H3. The molecule has 4 heteroatoms. The van der Waals surface area contributed by atoms with E-state index in [0.717, 1.165) is 62.0 Å². The fourth-order valence-electron chi connectivity index (χ4n) is 6.93. The molecular formula is C42H32N4. The molecule has 0 fully saturated rings. The normalized spacial score (nSPS) is 12.6. The van der Waals surface area contributed by atoms with Gasteiger partial charge in [-0.05, 0) is 76.5 Å². The molecule has 3 aromatic heterocycles. The molecule has 4 nitrogen and oxygen atoms in total. The van der Waals surface area contributed by atoms with Crippen LogP contribution in [0.2, 0.25) is 0 Å². The SMILES string of the molecule is CC(C)(C)c1cc2c3[nH]c4c(cccc4c3c1)-c1cccc(c1)N(c1cccc3ccccc13)c1cccc(n1)-c1cccc-2n1. The van der Waals surface area contributed by atoms with E-state index in [4.69, 9.17) is 9.97 Å². The number of para-hydroxylation sites is 1. The van der Waals surface area contributed by atoms with E-state index in [0.29, 0.717) is 0 Å². The van der Waals surface area contributed by atoms with Crippen LogP contribution in [0.15, 0.2) is 133 Å². The maximum absolute atomic E-state index is 5.29. The molecule has 220 valence electrons. The highest BCUT2D eigenvalue weighted by Crippen LogP contribution is 2.43. The van der Waals surface area contributed by atoms with Crippen LogP contribution in [0.25, 0.3) is 66.4 Å². The quantitative estimate of drug-likeness (QED) is 0.206. The molecule has 1 aliphatic heterocycles. The van der Waals surface area contributed by atoms with E-state index in [1.165, 1.54) is 27.1 Å². The van der Waals surface area contributed by atoms with Crippen molar-refractivity contribution in [1.82, 2.24) is 15.0 Å². The van der Waals surface area contributed by atoms with Crippen molar-refractivity contribution in [2.24, 2.45) is 0 Å². The molecule has 1 aliphatic rings. The van der Waals surface area contributed by atoms with E-state index in [2.05, 4.69) is 164 Å². The summed E-state index contributed by atoms with van der Waals surface area (Å²) in [5, 5.41) is 4.78. The predicted octanol–water partition coefficient (Wildman–Crippen LogP) is 11.3. The Kier molecular flexibility index (Phi) is 5.72. The van der Waals surface area contributed by atoms with Gasteiger partial charge in [-0.1, -0.05) is 99.6 Å². The van der Waals surface area contributed by atoms with Gasteiger partial charge < -0.3 is 4.98 Å². The lowest BCUT2D eigenvalue weighted by Gasteiger charge is -2.26. The van der Waals surface area contributed by atoms with E-state index < -0.39 is 0 Å². The smallest absolute Gasteiger partial charge is 0.138 e. The number of rotatable bonds is 1. The fraction of sp³-hybridized carbons (Fsp3) is 0.0952. The van der Waals surface area contributed by atoms with Gasteiger partial charge in [0.15, 0.2) is 0 Å². The van der Waals surface area contributed by atoms with Crippen LogP contribution in [0.4, 0.5) is 17.2 Å². The average Bonchev–Trinajstić information content (AvgIpc) is 3.47. The van der Waals surface area contributed by atoms with Crippen molar-refractivity contribution in [3.8, 4) is 33.8 Å². The van der Waals surface area contributed by atoms with Crippen LogP contribution in [0.1, 0.15) is 26.3 Å². The first kappa shape index (κ1) is 26.6. The van der Waals surface area contributed by atoms with Crippen molar-refractivity contribution < 1.29 is 0 Å². The Hall–Kier alpha value is -5.74. The minimum absolute atomic E-state index is 0.0299. The summed E-state index contributed by atoms with van der Waals surface area (Å²) in [5.74, 6) is 0.838. The number of benzene rings is 5. The number of fused-ring (bicyclic) bond motifs is 11. The van der Waals surface area contributed by atoms with Gasteiger partial charge in [-0.15, -0.1) is 0 Å². The molecule has 0 radical (unpaired) electrons. The molecule has 5 aromatic carbocycles. The largest absolute Gasteiger partial charge is 0.353 e. The number of aromatic nitrogens is 3. The monoisotopic (exact) mass is 592 g/mol. The lowest BCUT2D eigenvalue weighted by atomic mass is 9.84. The zero-order valence-corrected chi connectivity index (χ0v) is 26.0. The van der Waals surface area contributed by atoms with Gasteiger partial charge in [0.2, 0.25) is 0 Å². The molecule has 0 saturated carbocycles. The molecule has 4 heterocycles. The summed E-state index contributed by atoms with van der Waals surface area (Å²) < 4.78 is 0. The van der Waals surface area contributed by atoms with Gasteiger partial charge in [0.1, 0.15) is 5.82 Å². The number of H-pyrrole nitrogens is 1. The zero-order valence-electron chi connectivity index (χ0n) is 26.0. The highest BCUT2D eigenvalue weighted by Gasteiger charge is 2.23. The molecule has 0 amide bonds. The second-order valence-electron chi connectivity index (χ2n) is 13.2. The van der Waals surface area contributed by atoms with E-state index in [-0.39, 0.29) is 5.41 Å². The van der Waals surface area contributed by atoms with Gasteiger partial charge in [0.05, 0.1) is 33.8 Å². The van der Waals surface area contributed by atoms with Crippen molar-refractivity contribution >= 4 is 49.8 Å². The van der Waals surface area contributed by atoms with E-state index in [1.807, 2.05) is 0 Å². The van der Waals surface area contributed by atoms with Crippen molar-refractivity contribution in [2.75, 3.05) is 4.90 Å². The highest BCUT2D eigenvalue weighted by molar-refractivity contribution is 6.15. The van der Waals surface area contributed by atoms with E-state index >= 15 is 0 Å². The summed E-state index contributed by atoms with van der Waals surface area (Å²) in [6, 6.07) is 47.7. The van der Waals surface area contributed by atoms with Crippen LogP contribution in [0.3, 0.4) is 0 Å². The third-order valence-electron chi connectivity index (χ3n) is 9.28. The van der Waals surface area contributed by atoms with Gasteiger partial charge >= 0.3 is 0 Å². The molecule has 8 bridgehead atoms. The molecular weight excluding hydrogens is 560 g/mol. The van der Waals surface area contributed by atoms with Crippen LogP contribution < -0.4 is 4.90 Å². The maximum atomic E-state index is 5.29. The Morgan fingerprint density at radius 1 is 0.543 bits per heavy atom. The van der Waals surface area contributed by atoms with Crippen molar-refractivity contribution in [2.45, 2.75) is 26.2 Å². The third kappa shape index (κ3) is 4.14. The zero-order chi connectivity index (χ0) is 31.0. The van der Waals surface area contributed by atoms with E-state index in [9.17, 15) is 0 Å². The Balaban J connectivity index is 1.42. The van der Waals surface area contributed by atoms with Crippen molar-refractivity contribution in [3.05, 3.63) is 139 Å². The molecule has 0 atom stereocenters. The number of nitrogens with one attached hydrogen (secondary N) is 1. The van der Waals surface area contributed by atoms with Gasteiger partial charge in [-0.2, -0.15) is 0 Å². The van der Waals surface area contributed by atoms with Crippen LogP contribution in [-0.4, -0.2) is 15.0 Å². The fourth-order valence-corrected chi connectivity index (χ4v) is 6.93. The molecule has 46 heavy (non-hydrogen) atoms. The lowest BCUT2D eigenvalue weighted by molar-refractivity contribution is 0.591. The molecule has 8 aromatic rings. The van der Waals surface area contributed by atoms with Crippen LogP contribution in [0.5, 0.6) is 0 Å². The lowest BCUT2D eigenvalue weighted by Crippen LogP contribution is -2.12. The third-order valence-corrected chi connectivity index (χ3v) is 9.28. The van der Waals surface area contributed by atoms with E-state index in [1.54, 1.807) is 0 Å². The predicted molar refractivity (Wildman–Crippen MR) is 192 cm³/mol. The minimum atomic E-state index is -0.0299. The molecule has 0 aliphatic carbocycles. The highest BCUT2D eigenvalue weighted by atomic mass is 15.2. The molecule has 1 N–H and O–H groups in total. The Bertz CT molecular complexity index is 2470. The molecule has 0 saturated heterocycles. The number of aromatic amines is 1. The van der Waals surface area contributed by atoms with Gasteiger partial charge in [0, 0.05) is 33.0 Å². The number of pyridine rings is 2. The summed E-state index contributed by atoms with van der Waals surface area (Å²) in [4.78, 5) is 16.7. The number of hydrogen-bond donors (Lipinski definition) is 1. The topological polar surface area (TPSA) is 44.8 Å². The van der Waals surface area contributed by atoms with Gasteiger partial charge in [-0.3, -0.25) is 4.90 Å². The van der Waals surface area contributed by atoms with Gasteiger partial charge in [0.25, 0.3) is 0 Å². The van der Waals surface area contributed by atoms with Crippen molar-refractivity contribution in [1.29, 1.82) is 0 Å². The van der Waals surface area contributed by atoms with Crippen LogP contribution in [0, 0.1) is 0 Å². The molecule has 0 spiro atoms. The maximum Gasteiger partial charge on any atom is 0.138 e. The second-order valence-corrected chi connectivity index (χ2v) is 13.2. The molecule has 0 unspecified atom stereocenters. The number of anilines is 3. The first-order valence-corrected chi connectivity index (χ1v) is 15.8. The Morgan fingerprint density at radius 3 is 2.13 bits per heavy atom. The van der Waals surface area contributed by atoms with Crippen LogP contribution in [-0.2, 0) is 5.41 Å². The van der Waals surface area contributed by atoms with Gasteiger partial charge in [-0.25, -0.2) is 9.97 Å². The Labute approximate surface area is 268 Å².